The summed E-state index contributed by atoms with van der Waals surface area (Å²) < 4.78 is 5.36. The smallest absolute Gasteiger partial charge is 0.408 e. The lowest BCUT2D eigenvalue weighted by atomic mass is 9.90. The number of ether oxygens (including phenoxy) is 1. The number of nitrogens with one attached hydrogen (secondary N) is 6. The predicted octanol–water partition coefficient (Wildman–Crippen LogP) is 5.96. The number of urea groups is 1. The van der Waals surface area contributed by atoms with E-state index in [0.29, 0.717) is 37.5 Å². The minimum absolute atomic E-state index is 0.0231. The summed E-state index contributed by atoms with van der Waals surface area (Å²) in [5, 5.41) is 19.3. The number of aryl methyl sites for hydroxylation is 1. The summed E-state index contributed by atoms with van der Waals surface area (Å²) in [6, 6.07) is 18.7. The number of thioether (sulfide) groups is 1. The van der Waals surface area contributed by atoms with E-state index < -0.39 is 23.6 Å². The van der Waals surface area contributed by atoms with E-state index in [2.05, 4.69) is 86.7 Å². The minimum Gasteiger partial charge on any atom is -0.444 e. The summed E-state index contributed by atoms with van der Waals surface area (Å²) in [5.41, 5.74) is 5.41. The molecule has 13 heteroatoms. The molecule has 6 amide bonds. The Bertz CT molecular complexity index is 1960. The van der Waals surface area contributed by atoms with Crippen LogP contribution in [0, 0.1) is 0 Å². The van der Waals surface area contributed by atoms with Gasteiger partial charge >= 0.3 is 12.1 Å². The van der Waals surface area contributed by atoms with Crippen LogP contribution in [0.25, 0.3) is 32.3 Å². The molecule has 0 aliphatic carbocycles. The molecule has 2 saturated heterocycles. The number of amides is 6. The maximum atomic E-state index is 13.1. The van der Waals surface area contributed by atoms with E-state index in [4.69, 9.17) is 4.74 Å². The summed E-state index contributed by atoms with van der Waals surface area (Å²) >= 11 is 1.83. The zero-order chi connectivity index (χ0) is 38.2. The quantitative estimate of drug-likeness (QED) is 0.0355. The van der Waals surface area contributed by atoms with E-state index in [1.165, 1.54) is 37.9 Å². The third-order valence-corrected chi connectivity index (χ3v) is 11.6. The number of hydrogen-bond acceptors (Lipinski definition) is 7. The second-order valence-electron chi connectivity index (χ2n) is 15.4. The normalized spacial score (nSPS) is 18.6. The molecule has 54 heavy (non-hydrogen) atoms. The molecule has 0 saturated carbocycles. The summed E-state index contributed by atoms with van der Waals surface area (Å²) in [4.78, 5) is 62.4. The van der Waals surface area contributed by atoms with Gasteiger partial charge in [0.25, 0.3) is 5.91 Å². The molecule has 4 atom stereocenters. The topological polar surface area (TPSA) is 167 Å². The van der Waals surface area contributed by atoms with Crippen LogP contribution in [0.4, 0.5) is 9.59 Å². The van der Waals surface area contributed by atoms with Gasteiger partial charge in [0.05, 0.1) is 12.1 Å². The Labute approximate surface area is 320 Å². The molecular weight excluding hydrogens is 705 g/mol. The number of rotatable bonds is 16. The lowest BCUT2D eigenvalue weighted by Gasteiger charge is -2.23. The highest BCUT2D eigenvalue weighted by Gasteiger charge is 2.42. The molecule has 0 spiro atoms. The van der Waals surface area contributed by atoms with Gasteiger partial charge in [0.1, 0.15) is 11.6 Å². The van der Waals surface area contributed by atoms with Gasteiger partial charge in [-0.1, -0.05) is 61.0 Å². The molecule has 6 N–H and O–H groups in total. The summed E-state index contributed by atoms with van der Waals surface area (Å²) in [7, 11) is 0. The molecule has 0 bridgehead atoms. The first kappa shape index (κ1) is 38.9. The first-order valence-corrected chi connectivity index (χ1v) is 20.2. The average molecular weight is 757 g/mol. The first-order chi connectivity index (χ1) is 25.9. The van der Waals surface area contributed by atoms with Crippen LogP contribution in [0.15, 0.2) is 54.6 Å². The maximum Gasteiger partial charge on any atom is 0.408 e. The van der Waals surface area contributed by atoms with Crippen molar-refractivity contribution < 1.29 is 28.7 Å². The van der Waals surface area contributed by atoms with Crippen LogP contribution in [0.1, 0.15) is 84.1 Å². The van der Waals surface area contributed by atoms with Crippen molar-refractivity contribution in [3.8, 4) is 0 Å². The van der Waals surface area contributed by atoms with Crippen molar-refractivity contribution in [2.45, 2.75) is 114 Å². The third kappa shape index (κ3) is 10.0. The van der Waals surface area contributed by atoms with Crippen LogP contribution in [0.2, 0.25) is 0 Å². The standard InChI is InChI=1S/C41H52N6O6S/c1-41(2,3)53-40(52)44-30(38(50)47-46-34(49)15-5-4-14-32-37-31(24-54-32)43-39(51)45-37)13-6-7-23-42-33(48)16-9-10-25-17-18-28-20-19-26-11-8-12-27-21-22-29(25)36(28)35(26)27/h8,11-12,17-22,30-32,37H,4-7,9-10,13-16,23-24H2,1-3H3,(H,42,48)(H,44,52)(H,46,49)(H,47,50)(H2,43,45,51)/t30-,31+,32+,37+/m1/s1. The van der Waals surface area contributed by atoms with Crippen molar-refractivity contribution in [2.75, 3.05) is 12.3 Å². The molecule has 0 aromatic heterocycles. The monoisotopic (exact) mass is 756 g/mol. The molecule has 288 valence electrons. The van der Waals surface area contributed by atoms with Crippen LogP contribution in [-0.2, 0) is 25.5 Å². The molecule has 4 aromatic rings. The van der Waals surface area contributed by atoms with Crippen LogP contribution >= 0.6 is 11.8 Å². The van der Waals surface area contributed by atoms with Gasteiger partial charge in [-0.15, -0.1) is 0 Å². The number of carbonyl (C=O) groups excluding carboxylic acids is 5. The molecule has 2 fully saturated rings. The van der Waals surface area contributed by atoms with Gasteiger partial charge in [-0.2, -0.15) is 11.8 Å². The largest absolute Gasteiger partial charge is 0.444 e. The highest BCUT2D eigenvalue weighted by Crippen LogP contribution is 2.36. The summed E-state index contributed by atoms with van der Waals surface area (Å²) in [6.45, 7) is 5.65. The summed E-state index contributed by atoms with van der Waals surface area (Å²) in [5.74, 6) is -0.0132. The zero-order valence-corrected chi connectivity index (χ0v) is 32.2. The van der Waals surface area contributed by atoms with E-state index >= 15 is 0 Å². The maximum absolute atomic E-state index is 13.1. The molecule has 4 aromatic carbocycles. The van der Waals surface area contributed by atoms with Crippen LogP contribution in [0.3, 0.4) is 0 Å². The number of hydrogen-bond donors (Lipinski definition) is 6. The predicted molar refractivity (Wildman–Crippen MR) is 213 cm³/mol. The van der Waals surface area contributed by atoms with Crippen molar-refractivity contribution in [1.82, 2.24) is 32.1 Å². The van der Waals surface area contributed by atoms with E-state index in [9.17, 15) is 24.0 Å². The van der Waals surface area contributed by atoms with Crippen LogP contribution in [0.5, 0.6) is 0 Å². The SMILES string of the molecule is CC(C)(C)OC(=O)N[C@H](CCCCNC(=O)CCCc1ccc2ccc3cccc4ccc1c2c34)C(=O)NNC(=O)CCCC[C@@H]1SC[C@@H]2NC(=O)N[C@@H]21. The fourth-order valence-electron chi connectivity index (χ4n) is 7.52. The van der Waals surface area contributed by atoms with Crippen molar-refractivity contribution in [3.63, 3.8) is 0 Å². The number of fused-ring (bicyclic) bond motifs is 1. The van der Waals surface area contributed by atoms with Crippen molar-refractivity contribution in [2.24, 2.45) is 0 Å². The molecule has 2 aliphatic rings. The Morgan fingerprint density at radius 1 is 0.833 bits per heavy atom. The Balaban J connectivity index is 0.898. The van der Waals surface area contributed by atoms with Gasteiger partial charge in [0.15, 0.2) is 0 Å². The van der Waals surface area contributed by atoms with Crippen molar-refractivity contribution in [3.05, 3.63) is 60.2 Å². The molecule has 0 unspecified atom stereocenters. The third-order valence-electron chi connectivity index (χ3n) is 10.1. The Morgan fingerprint density at radius 3 is 2.33 bits per heavy atom. The van der Waals surface area contributed by atoms with E-state index in [1.807, 2.05) is 11.8 Å². The number of carbonyl (C=O) groups is 5. The fourth-order valence-corrected chi connectivity index (χ4v) is 9.06. The van der Waals surface area contributed by atoms with Gasteiger partial charge in [0, 0.05) is 30.4 Å². The van der Waals surface area contributed by atoms with E-state index in [-0.39, 0.29) is 42.8 Å². The Kier molecular flexibility index (Phi) is 12.7. The number of hydrazine groups is 1. The molecule has 6 rings (SSSR count). The van der Waals surface area contributed by atoms with Crippen molar-refractivity contribution >= 4 is 73.9 Å². The van der Waals surface area contributed by atoms with Gasteiger partial charge in [-0.25, -0.2) is 9.59 Å². The first-order valence-electron chi connectivity index (χ1n) is 19.1. The number of alkyl carbamates (subject to hydrolysis) is 1. The van der Waals surface area contributed by atoms with Gasteiger partial charge in [-0.3, -0.25) is 25.2 Å². The van der Waals surface area contributed by atoms with Gasteiger partial charge < -0.3 is 26.0 Å². The van der Waals surface area contributed by atoms with Crippen molar-refractivity contribution in [1.29, 1.82) is 0 Å². The molecular formula is C41H52N6O6S. The molecule has 0 radical (unpaired) electrons. The second kappa shape index (κ2) is 17.6. The fraction of sp³-hybridized carbons (Fsp3) is 0.488. The molecule has 2 heterocycles. The van der Waals surface area contributed by atoms with E-state index in [0.717, 1.165) is 31.4 Å². The van der Waals surface area contributed by atoms with Crippen LogP contribution < -0.4 is 32.1 Å². The minimum atomic E-state index is -0.941. The van der Waals surface area contributed by atoms with Gasteiger partial charge in [0.2, 0.25) is 11.8 Å². The second-order valence-corrected chi connectivity index (χ2v) is 16.7. The highest BCUT2D eigenvalue weighted by molar-refractivity contribution is 8.00. The van der Waals surface area contributed by atoms with Gasteiger partial charge in [-0.05, 0) is 104 Å². The highest BCUT2D eigenvalue weighted by atomic mass is 32.2. The van der Waals surface area contributed by atoms with E-state index in [1.54, 1.807) is 20.8 Å². The molecule has 12 nitrogen and oxygen atoms in total. The van der Waals surface area contributed by atoms with Crippen LogP contribution in [-0.4, -0.2) is 71.1 Å². The Morgan fingerprint density at radius 2 is 1.56 bits per heavy atom. The summed E-state index contributed by atoms with van der Waals surface area (Å²) in [6.07, 6.45) is 5.22. The zero-order valence-electron chi connectivity index (χ0n) is 31.3. The number of benzene rings is 4. The molecule has 2 aliphatic heterocycles. The Hall–Kier alpha value is -4.78. The lowest BCUT2D eigenvalue weighted by Crippen LogP contribution is -2.53. The lowest BCUT2D eigenvalue weighted by molar-refractivity contribution is -0.130. The number of unbranched alkanes of at least 4 members (excludes halogenated alkanes) is 2. The average Bonchev–Trinajstić information content (AvgIpc) is 3.69.